The molecule has 0 fully saturated rings. The Balaban J connectivity index is 0. The van der Waals surface area contributed by atoms with E-state index < -0.39 is 26.8 Å². The van der Waals surface area contributed by atoms with Crippen LogP contribution in [0.3, 0.4) is 0 Å². The molecule has 0 spiro atoms. The van der Waals surface area contributed by atoms with E-state index in [2.05, 4.69) is 11.9 Å². The van der Waals surface area contributed by atoms with Gasteiger partial charge in [-0.25, -0.2) is 8.42 Å². The molecule has 1 N–H and O–H groups in total. The summed E-state index contributed by atoms with van der Waals surface area (Å²) in [6.45, 7) is 7.21. The number of amides is 1. The Kier molecular flexibility index (Phi) is 7.01. The molecule has 0 aromatic rings. The molecule has 0 aliphatic heterocycles. The molecule has 5 nitrogen and oxygen atoms in total. The van der Waals surface area contributed by atoms with Crippen molar-refractivity contribution in [1.29, 1.82) is 0 Å². The van der Waals surface area contributed by atoms with E-state index >= 15 is 0 Å². The third-order valence-electron chi connectivity index (χ3n) is 2.23. The van der Waals surface area contributed by atoms with E-state index in [1.54, 1.807) is 0 Å². The van der Waals surface area contributed by atoms with E-state index in [1.165, 1.54) is 20.8 Å². The van der Waals surface area contributed by atoms with Crippen molar-refractivity contribution in [2.45, 2.75) is 31.6 Å². The van der Waals surface area contributed by atoms with Gasteiger partial charge in [0.05, 0.1) is 4.75 Å². The number of carbonyl (C=O) groups excluding carboxylic acids is 1. The maximum Gasteiger partial charge on any atom is 1.00 e. The summed E-state index contributed by atoms with van der Waals surface area (Å²) in [4.78, 5) is 10.9. The number of rotatable bonds is 4. The normalized spacial score (nSPS) is 13.6. The van der Waals surface area contributed by atoms with Gasteiger partial charge in [-0.2, -0.15) is 0 Å². The molecule has 0 saturated carbocycles. The van der Waals surface area contributed by atoms with E-state index in [0.717, 1.165) is 6.08 Å². The van der Waals surface area contributed by atoms with Crippen molar-refractivity contribution in [3.63, 3.8) is 0 Å². The van der Waals surface area contributed by atoms with Gasteiger partial charge < -0.3 is 9.87 Å². The molecule has 0 aromatic carbocycles. The summed E-state index contributed by atoms with van der Waals surface area (Å²) in [6, 6.07) is -0.768. The summed E-state index contributed by atoms with van der Waals surface area (Å²) in [5, 5.41) is 2.34. The van der Waals surface area contributed by atoms with E-state index in [1.807, 2.05) is 0 Å². The minimum absolute atomic E-state index is 0. The average Bonchev–Trinajstić information content (AvgIpc) is 2.01. The van der Waals surface area contributed by atoms with Gasteiger partial charge in [0, 0.05) is 6.04 Å². The van der Waals surface area contributed by atoms with Crippen molar-refractivity contribution in [3.05, 3.63) is 12.7 Å². The molecule has 0 heterocycles. The number of carbonyl (C=O) groups is 1. The molecule has 0 radical (unpaired) electrons. The minimum Gasteiger partial charge on any atom is -0.747 e. The molecule has 0 aliphatic rings. The summed E-state index contributed by atoms with van der Waals surface area (Å²) in [7, 11) is -4.45. The minimum atomic E-state index is -4.45. The summed E-state index contributed by atoms with van der Waals surface area (Å²) in [6.07, 6.45) is 1.02. The van der Waals surface area contributed by atoms with Gasteiger partial charge in [-0.1, -0.05) is 6.58 Å². The van der Waals surface area contributed by atoms with Crippen LogP contribution in [0.4, 0.5) is 0 Å². The van der Waals surface area contributed by atoms with Crippen LogP contribution >= 0.6 is 0 Å². The predicted octanol–water partition coefficient (Wildman–Crippen LogP) is -3.00. The molecule has 82 valence electrons. The molecule has 7 heteroatoms. The first-order valence-corrected chi connectivity index (χ1v) is 5.42. The van der Waals surface area contributed by atoms with Crippen LogP contribution in [-0.2, 0) is 14.9 Å². The van der Waals surface area contributed by atoms with Gasteiger partial charge in [-0.3, -0.25) is 4.79 Å². The van der Waals surface area contributed by atoms with Crippen LogP contribution in [0.25, 0.3) is 0 Å². The third-order valence-corrected chi connectivity index (χ3v) is 3.87. The molecule has 0 bridgehead atoms. The van der Waals surface area contributed by atoms with Gasteiger partial charge in [0.15, 0.2) is 0 Å². The SMILES string of the molecule is C=CC(=O)NC(C)C(C)(C)S(=O)(=O)[O-].[Na+]. The van der Waals surface area contributed by atoms with Gasteiger partial charge >= 0.3 is 29.6 Å². The fourth-order valence-electron chi connectivity index (χ4n) is 0.663. The van der Waals surface area contributed by atoms with Gasteiger partial charge in [0.1, 0.15) is 10.1 Å². The molecule has 0 aromatic heterocycles. The maximum atomic E-state index is 10.9. The first kappa shape index (κ1) is 17.5. The van der Waals surface area contributed by atoms with E-state index in [9.17, 15) is 17.8 Å². The second-order valence-electron chi connectivity index (χ2n) is 3.49. The van der Waals surface area contributed by atoms with Gasteiger partial charge in [-0.05, 0) is 26.8 Å². The molecule has 1 amide bonds. The van der Waals surface area contributed by atoms with E-state index in [0.29, 0.717) is 0 Å². The second kappa shape index (κ2) is 6.00. The van der Waals surface area contributed by atoms with Crippen LogP contribution in [0.15, 0.2) is 12.7 Å². The molecule has 0 rings (SSSR count). The zero-order valence-electron chi connectivity index (χ0n) is 9.40. The van der Waals surface area contributed by atoms with Crippen LogP contribution < -0.4 is 34.9 Å². The fraction of sp³-hybridized carbons (Fsp3) is 0.625. The van der Waals surface area contributed by atoms with Gasteiger partial charge in [0.25, 0.3) is 0 Å². The monoisotopic (exact) mass is 243 g/mol. The summed E-state index contributed by atoms with van der Waals surface area (Å²) < 4.78 is 31.0. The molecule has 1 atom stereocenters. The van der Waals surface area contributed by atoms with Crippen molar-refractivity contribution in [2.24, 2.45) is 0 Å². The Hall–Kier alpha value is 0.120. The van der Waals surface area contributed by atoms with Crippen molar-refractivity contribution < 1.29 is 47.3 Å². The van der Waals surface area contributed by atoms with E-state index in [4.69, 9.17) is 0 Å². The largest absolute Gasteiger partial charge is 1.00 e. The first-order valence-electron chi connectivity index (χ1n) is 4.01. The molecule has 0 aliphatic carbocycles. The third kappa shape index (κ3) is 4.65. The Bertz CT molecular complexity index is 337. The number of hydrogen-bond donors (Lipinski definition) is 1. The predicted molar refractivity (Wildman–Crippen MR) is 51.6 cm³/mol. The van der Waals surface area contributed by atoms with Crippen LogP contribution in [0.2, 0.25) is 0 Å². The van der Waals surface area contributed by atoms with Crippen LogP contribution in [-0.4, -0.2) is 29.7 Å². The fourth-order valence-corrected chi connectivity index (χ4v) is 1.15. The molecular formula is C8H14NNaO4S. The standard InChI is InChI=1S/C8H15NO4S.Na/c1-5-7(10)9-6(2)8(3,4)14(11,12)13;/h5-6H,1H2,2-4H3,(H,9,10)(H,11,12,13);/q;+1/p-1. The Morgan fingerprint density at radius 1 is 1.53 bits per heavy atom. The molecule has 15 heavy (non-hydrogen) atoms. The molecule has 0 saturated heterocycles. The topological polar surface area (TPSA) is 86.3 Å². The first-order chi connectivity index (χ1) is 6.13. The van der Waals surface area contributed by atoms with Gasteiger partial charge in [0.2, 0.25) is 5.91 Å². The Morgan fingerprint density at radius 2 is 1.93 bits per heavy atom. The quantitative estimate of drug-likeness (QED) is 0.324. The zero-order valence-corrected chi connectivity index (χ0v) is 12.2. The van der Waals surface area contributed by atoms with Crippen molar-refractivity contribution >= 4 is 16.0 Å². The smallest absolute Gasteiger partial charge is 0.747 e. The zero-order chi connectivity index (χ0) is 11.6. The molecular weight excluding hydrogens is 229 g/mol. The Morgan fingerprint density at radius 3 is 2.20 bits per heavy atom. The summed E-state index contributed by atoms with van der Waals surface area (Å²) in [5.74, 6) is -0.505. The van der Waals surface area contributed by atoms with Crippen molar-refractivity contribution in [2.75, 3.05) is 0 Å². The van der Waals surface area contributed by atoms with Crippen molar-refractivity contribution in [3.8, 4) is 0 Å². The second-order valence-corrected chi connectivity index (χ2v) is 5.45. The van der Waals surface area contributed by atoms with Crippen LogP contribution in [0, 0.1) is 0 Å². The van der Waals surface area contributed by atoms with Gasteiger partial charge in [-0.15, -0.1) is 0 Å². The maximum absolute atomic E-state index is 10.9. The van der Waals surface area contributed by atoms with E-state index in [-0.39, 0.29) is 29.6 Å². The van der Waals surface area contributed by atoms with Crippen LogP contribution in [0.5, 0.6) is 0 Å². The number of hydrogen-bond acceptors (Lipinski definition) is 4. The van der Waals surface area contributed by atoms with Crippen molar-refractivity contribution in [1.82, 2.24) is 5.32 Å². The van der Waals surface area contributed by atoms with Crippen LogP contribution in [0.1, 0.15) is 20.8 Å². The summed E-state index contributed by atoms with van der Waals surface area (Å²) >= 11 is 0. The summed E-state index contributed by atoms with van der Waals surface area (Å²) in [5.41, 5.74) is 0. The average molecular weight is 243 g/mol. The number of nitrogens with one attached hydrogen (secondary N) is 1. The molecule has 1 unspecified atom stereocenters. The Labute approximate surface area is 112 Å².